The fourth-order valence-corrected chi connectivity index (χ4v) is 3.17. The summed E-state index contributed by atoms with van der Waals surface area (Å²) in [5, 5.41) is 13.8. The summed E-state index contributed by atoms with van der Waals surface area (Å²) in [5.74, 6) is -0.917. The first-order valence-corrected chi connectivity index (χ1v) is 7.64. The summed E-state index contributed by atoms with van der Waals surface area (Å²) >= 11 is 0. The van der Waals surface area contributed by atoms with Crippen molar-refractivity contribution in [3.8, 4) is 5.69 Å². The van der Waals surface area contributed by atoms with E-state index in [9.17, 15) is 9.90 Å². The number of aromatic nitrogens is 2. The van der Waals surface area contributed by atoms with Crippen LogP contribution in [-0.2, 0) is 19.3 Å². The summed E-state index contributed by atoms with van der Waals surface area (Å²) in [6, 6.07) is 8.17. The van der Waals surface area contributed by atoms with Crippen LogP contribution in [0, 0.1) is 0 Å². The van der Waals surface area contributed by atoms with Crippen LogP contribution in [0.3, 0.4) is 0 Å². The van der Waals surface area contributed by atoms with Crippen LogP contribution >= 0.6 is 0 Å². The zero-order chi connectivity index (χ0) is 14.8. The highest BCUT2D eigenvalue weighted by atomic mass is 16.4. The molecule has 110 valence electrons. The van der Waals surface area contributed by atoms with E-state index in [-0.39, 0.29) is 5.69 Å². The molecule has 3 rings (SSSR count). The molecular formula is C17H20N2O2. The van der Waals surface area contributed by atoms with E-state index in [1.165, 1.54) is 5.56 Å². The molecular weight excluding hydrogens is 264 g/mol. The second-order valence-corrected chi connectivity index (χ2v) is 5.58. The number of aryl methyl sites for hydroxylation is 1. The zero-order valence-electron chi connectivity index (χ0n) is 12.3. The molecule has 0 saturated carbocycles. The first kappa shape index (κ1) is 13.9. The fourth-order valence-electron chi connectivity index (χ4n) is 3.17. The first-order chi connectivity index (χ1) is 10.2. The van der Waals surface area contributed by atoms with Crippen LogP contribution in [0.2, 0.25) is 0 Å². The van der Waals surface area contributed by atoms with Crippen LogP contribution in [0.25, 0.3) is 5.69 Å². The summed E-state index contributed by atoms with van der Waals surface area (Å²) < 4.78 is 1.88. The standard InChI is InChI=1S/C17H20N2O2/c1-2-7-12-8-3-5-10-14(12)19-15-11-6-4-9-13(15)16(18-19)17(20)21/h3,5,8,10H,2,4,6-7,9,11H2,1H3,(H,20,21). The molecule has 1 N–H and O–H groups in total. The molecule has 0 bridgehead atoms. The van der Waals surface area contributed by atoms with Gasteiger partial charge in [0.05, 0.1) is 5.69 Å². The van der Waals surface area contributed by atoms with Gasteiger partial charge in [0.1, 0.15) is 0 Å². The van der Waals surface area contributed by atoms with Crippen molar-refractivity contribution in [1.29, 1.82) is 0 Å². The lowest BCUT2D eigenvalue weighted by Gasteiger charge is -2.16. The fraction of sp³-hybridized carbons (Fsp3) is 0.412. The summed E-state index contributed by atoms with van der Waals surface area (Å²) in [4.78, 5) is 11.5. The van der Waals surface area contributed by atoms with E-state index in [1.54, 1.807) is 0 Å². The Hall–Kier alpha value is -2.10. The van der Waals surface area contributed by atoms with Gasteiger partial charge in [0.15, 0.2) is 5.69 Å². The molecule has 0 radical (unpaired) electrons. The van der Waals surface area contributed by atoms with Gasteiger partial charge < -0.3 is 5.11 Å². The zero-order valence-corrected chi connectivity index (χ0v) is 12.3. The quantitative estimate of drug-likeness (QED) is 0.936. The minimum absolute atomic E-state index is 0.232. The number of hydrogen-bond donors (Lipinski definition) is 1. The summed E-state index contributed by atoms with van der Waals surface area (Å²) in [5.41, 5.74) is 4.51. The average molecular weight is 284 g/mol. The Labute approximate surface area is 124 Å². The van der Waals surface area contributed by atoms with Crippen LogP contribution in [0.15, 0.2) is 24.3 Å². The van der Waals surface area contributed by atoms with E-state index >= 15 is 0 Å². The van der Waals surface area contributed by atoms with Crippen molar-refractivity contribution in [2.45, 2.75) is 45.4 Å². The van der Waals surface area contributed by atoms with Gasteiger partial charge in [-0.1, -0.05) is 31.5 Å². The van der Waals surface area contributed by atoms with Crippen molar-refractivity contribution in [2.75, 3.05) is 0 Å². The molecule has 0 unspecified atom stereocenters. The van der Waals surface area contributed by atoms with E-state index in [0.29, 0.717) is 0 Å². The Morgan fingerprint density at radius 1 is 1.29 bits per heavy atom. The predicted octanol–water partition coefficient (Wildman–Crippen LogP) is 3.40. The van der Waals surface area contributed by atoms with Gasteiger partial charge in [-0.25, -0.2) is 9.48 Å². The first-order valence-electron chi connectivity index (χ1n) is 7.64. The van der Waals surface area contributed by atoms with Crippen LogP contribution in [0.1, 0.15) is 53.5 Å². The van der Waals surface area contributed by atoms with Gasteiger partial charge in [0, 0.05) is 11.3 Å². The molecule has 0 aliphatic heterocycles. The highest BCUT2D eigenvalue weighted by Crippen LogP contribution is 2.28. The number of aromatic carboxylic acids is 1. The number of para-hydroxylation sites is 1. The van der Waals surface area contributed by atoms with Crippen LogP contribution in [0.5, 0.6) is 0 Å². The van der Waals surface area contributed by atoms with Gasteiger partial charge in [-0.05, 0) is 43.7 Å². The molecule has 0 saturated heterocycles. The number of hydrogen-bond acceptors (Lipinski definition) is 2. The third-order valence-electron chi connectivity index (χ3n) is 4.12. The maximum Gasteiger partial charge on any atom is 0.356 e. The van der Waals surface area contributed by atoms with Crippen molar-refractivity contribution in [1.82, 2.24) is 9.78 Å². The summed E-state index contributed by atoms with van der Waals surface area (Å²) in [6.45, 7) is 2.15. The topological polar surface area (TPSA) is 55.1 Å². The van der Waals surface area contributed by atoms with Crippen molar-refractivity contribution in [3.63, 3.8) is 0 Å². The van der Waals surface area contributed by atoms with Gasteiger partial charge in [-0.3, -0.25) is 0 Å². The predicted molar refractivity (Wildman–Crippen MR) is 81.2 cm³/mol. The van der Waals surface area contributed by atoms with E-state index < -0.39 is 5.97 Å². The number of nitrogens with zero attached hydrogens (tertiary/aromatic N) is 2. The lowest BCUT2D eigenvalue weighted by Crippen LogP contribution is -2.09. The Balaban J connectivity index is 2.17. The van der Waals surface area contributed by atoms with Crippen molar-refractivity contribution < 1.29 is 9.90 Å². The molecule has 1 aliphatic carbocycles. The number of rotatable bonds is 4. The lowest BCUT2D eigenvalue weighted by atomic mass is 9.95. The third kappa shape index (κ3) is 2.46. The normalized spacial score (nSPS) is 14.0. The molecule has 0 spiro atoms. The van der Waals surface area contributed by atoms with Gasteiger partial charge in [-0.15, -0.1) is 0 Å². The molecule has 0 amide bonds. The molecule has 1 aromatic heterocycles. The highest BCUT2D eigenvalue weighted by molar-refractivity contribution is 5.87. The Bertz CT molecular complexity index is 673. The van der Waals surface area contributed by atoms with E-state index in [0.717, 1.165) is 55.5 Å². The van der Waals surface area contributed by atoms with Crippen molar-refractivity contribution in [2.24, 2.45) is 0 Å². The molecule has 0 atom stereocenters. The third-order valence-corrected chi connectivity index (χ3v) is 4.12. The van der Waals surface area contributed by atoms with Crippen LogP contribution in [0.4, 0.5) is 0 Å². The molecule has 1 aromatic carbocycles. The number of carboxylic acids is 1. The minimum atomic E-state index is -0.917. The number of fused-ring (bicyclic) bond motifs is 1. The number of benzene rings is 1. The van der Waals surface area contributed by atoms with Gasteiger partial charge in [-0.2, -0.15) is 5.10 Å². The Morgan fingerprint density at radius 3 is 2.81 bits per heavy atom. The second kappa shape index (κ2) is 5.72. The lowest BCUT2D eigenvalue weighted by molar-refractivity contribution is 0.0688. The maximum absolute atomic E-state index is 11.5. The Morgan fingerprint density at radius 2 is 2.05 bits per heavy atom. The average Bonchev–Trinajstić information content (AvgIpc) is 2.88. The molecule has 21 heavy (non-hydrogen) atoms. The van der Waals surface area contributed by atoms with Crippen molar-refractivity contribution >= 4 is 5.97 Å². The maximum atomic E-state index is 11.5. The van der Waals surface area contributed by atoms with E-state index in [1.807, 2.05) is 22.9 Å². The molecule has 4 heteroatoms. The monoisotopic (exact) mass is 284 g/mol. The van der Waals surface area contributed by atoms with E-state index in [4.69, 9.17) is 0 Å². The molecule has 2 aromatic rings. The molecule has 1 heterocycles. The van der Waals surface area contributed by atoms with Crippen LogP contribution < -0.4 is 0 Å². The van der Waals surface area contributed by atoms with Crippen LogP contribution in [-0.4, -0.2) is 20.9 Å². The van der Waals surface area contributed by atoms with Crippen molar-refractivity contribution in [3.05, 3.63) is 46.8 Å². The van der Waals surface area contributed by atoms with E-state index in [2.05, 4.69) is 18.1 Å². The largest absolute Gasteiger partial charge is 0.476 e. The summed E-state index contributed by atoms with van der Waals surface area (Å²) in [7, 11) is 0. The molecule has 4 nitrogen and oxygen atoms in total. The minimum Gasteiger partial charge on any atom is -0.476 e. The molecule has 0 fully saturated rings. The summed E-state index contributed by atoms with van der Waals surface area (Å²) in [6.07, 6.45) is 5.94. The Kier molecular flexibility index (Phi) is 3.78. The second-order valence-electron chi connectivity index (χ2n) is 5.58. The van der Waals surface area contributed by atoms with Gasteiger partial charge in [0.25, 0.3) is 0 Å². The van der Waals surface area contributed by atoms with Gasteiger partial charge >= 0.3 is 5.97 Å². The number of carbonyl (C=O) groups is 1. The SMILES string of the molecule is CCCc1ccccc1-n1nc(C(=O)O)c2c1CCCC2. The smallest absolute Gasteiger partial charge is 0.356 e. The highest BCUT2D eigenvalue weighted by Gasteiger charge is 2.25. The van der Waals surface area contributed by atoms with Gasteiger partial charge in [0.2, 0.25) is 0 Å². The number of carboxylic acid groups (broad SMARTS) is 1. The molecule has 1 aliphatic rings.